The van der Waals surface area contributed by atoms with E-state index in [2.05, 4.69) is 196 Å². The van der Waals surface area contributed by atoms with Crippen molar-refractivity contribution in [1.29, 1.82) is 0 Å². The Morgan fingerprint density at radius 3 is 1.45 bits per heavy atom. The van der Waals surface area contributed by atoms with Crippen LogP contribution in [0.2, 0.25) is 0 Å². The van der Waals surface area contributed by atoms with Gasteiger partial charge in [-0.3, -0.25) is 0 Å². The smallest absolute Gasteiger partial charge is 0.0159 e. The van der Waals surface area contributed by atoms with E-state index in [1.54, 1.807) is 0 Å². The quantitative estimate of drug-likeness (QED) is 0.129. The molecule has 0 aliphatic heterocycles. The molecule has 1 aliphatic carbocycles. The Morgan fingerprint density at radius 2 is 0.774 bits per heavy atom. The van der Waals surface area contributed by atoms with Crippen molar-refractivity contribution in [1.82, 2.24) is 0 Å². The van der Waals surface area contributed by atoms with Gasteiger partial charge in [0.15, 0.2) is 0 Å². The van der Waals surface area contributed by atoms with E-state index in [4.69, 9.17) is 0 Å². The molecule has 1 aliphatic rings. The first-order valence-corrected chi connectivity index (χ1v) is 18.7. The van der Waals surface area contributed by atoms with Gasteiger partial charge in [0.2, 0.25) is 0 Å². The molecule has 0 atom stereocenters. The molecular weight excluding hydrogens is 637 g/mol. The van der Waals surface area contributed by atoms with Crippen LogP contribution >= 0.6 is 0 Å². The first-order chi connectivity index (χ1) is 26.1. The summed E-state index contributed by atoms with van der Waals surface area (Å²) < 4.78 is 0. The van der Waals surface area contributed by atoms with Gasteiger partial charge >= 0.3 is 0 Å². The lowest BCUT2D eigenvalue weighted by Gasteiger charge is -2.21. The van der Waals surface area contributed by atoms with Crippen LogP contribution in [-0.4, -0.2) is 0 Å². The van der Waals surface area contributed by atoms with E-state index in [0.717, 1.165) is 0 Å². The predicted molar refractivity (Wildman–Crippen MR) is 228 cm³/mol. The summed E-state index contributed by atoms with van der Waals surface area (Å²) in [7, 11) is 0. The minimum Gasteiger partial charge on any atom is -0.0616 e. The highest BCUT2D eigenvalue weighted by molar-refractivity contribution is 6.25. The van der Waals surface area contributed by atoms with Crippen molar-refractivity contribution < 1.29 is 0 Å². The van der Waals surface area contributed by atoms with Crippen LogP contribution in [0, 0.1) is 0 Å². The summed E-state index contributed by atoms with van der Waals surface area (Å²) in [5.74, 6) is 0. The molecule has 0 heteroatoms. The van der Waals surface area contributed by atoms with Gasteiger partial charge in [0.25, 0.3) is 0 Å². The van der Waals surface area contributed by atoms with Crippen molar-refractivity contribution >= 4 is 53.9 Å². The van der Waals surface area contributed by atoms with E-state index in [-0.39, 0.29) is 5.41 Å². The lowest BCUT2D eigenvalue weighted by Crippen LogP contribution is -2.14. The van der Waals surface area contributed by atoms with Crippen LogP contribution in [0.25, 0.3) is 98.4 Å². The highest BCUT2D eigenvalue weighted by Crippen LogP contribution is 2.52. The summed E-state index contributed by atoms with van der Waals surface area (Å²) in [6, 6.07) is 67.9. The molecule has 11 rings (SSSR count). The van der Waals surface area contributed by atoms with Crippen LogP contribution in [0.5, 0.6) is 0 Å². The van der Waals surface area contributed by atoms with E-state index in [9.17, 15) is 0 Å². The van der Waals surface area contributed by atoms with Crippen LogP contribution < -0.4 is 0 Å². The van der Waals surface area contributed by atoms with E-state index in [1.807, 2.05) is 0 Å². The molecule has 0 aromatic heterocycles. The van der Waals surface area contributed by atoms with Gasteiger partial charge in [0.05, 0.1) is 0 Å². The normalized spacial score (nSPS) is 13.2. The molecular formula is C53H36. The highest BCUT2D eigenvalue weighted by Gasteiger charge is 2.36. The largest absolute Gasteiger partial charge is 0.0616 e. The van der Waals surface area contributed by atoms with Crippen LogP contribution in [0.1, 0.15) is 25.0 Å². The number of benzene rings is 10. The molecule has 0 nitrogen and oxygen atoms in total. The monoisotopic (exact) mass is 672 g/mol. The summed E-state index contributed by atoms with van der Waals surface area (Å²) in [5, 5.41) is 12.9. The SMILES string of the molecule is CC1(C)c2ccc(-c3ccc(-c4c5ccccc5c(-c5cc6ccccc6c6ccccc56)c5ccccc45)cc3)cc2-c2c1ccc1ccccc21. The predicted octanol–water partition coefficient (Wildman–Crippen LogP) is 14.8. The van der Waals surface area contributed by atoms with Crippen molar-refractivity contribution in [2.45, 2.75) is 19.3 Å². The third-order valence-electron chi connectivity index (χ3n) is 12.0. The van der Waals surface area contributed by atoms with Crippen molar-refractivity contribution in [2.24, 2.45) is 0 Å². The van der Waals surface area contributed by atoms with Crippen molar-refractivity contribution in [3.05, 3.63) is 193 Å². The van der Waals surface area contributed by atoms with Crippen molar-refractivity contribution in [3.63, 3.8) is 0 Å². The number of fused-ring (bicyclic) bond motifs is 10. The number of rotatable bonds is 3. The molecule has 0 spiro atoms. The van der Waals surface area contributed by atoms with Gasteiger partial charge in [-0.05, 0) is 122 Å². The zero-order valence-electron chi connectivity index (χ0n) is 29.8. The molecule has 0 saturated carbocycles. The van der Waals surface area contributed by atoms with Crippen molar-refractivity contribution in [2.75, 3.05) is 0 Å². The number of hydrogen-bond acceptors (Lipinski definition) is 0. The summed E-state index contributed by atoms with van der Waals surface area (Å²) in [6.07, 6.45) is 0. The summed E-state index contributed by atoms with van der Waals surface area (Å²) in [5.41, 5.74) is 13.1. The maximum Gasteiger partial charge on any atom is 0.0159 e. The Hall–Kier alpha value is -6.50. The fourth-order valence-electron chi connectivity index (χ4n) is 9.52. The van der Waals surface area contributed by atoms with Crippen LogP contribution in [-0.2, 0) is 5.41 Å². The maximum absolute atomic E-state index is 2.43. The second-order valence-corrected chi connectivity index (χ2v) is 15.2. The average molecular weight is 673 g/mol. The molecule has 53 heavy (non-hydrogen) atoms. The van der Waals surface area contributed by atoms with E-state index in [1.165, 1.54) is 109 Å². The maximum atomic E-state index is 2.43. The lowest BCUT2D eigenvalue weighted by molar-refractivity contribution is 0.661. The third kappa shape index (κ3) is 4.36. The second-order valence-electron chi connectivity index (χ2n) is 15.2. The van der Waals surface area contributed by atoms with Gasteiger partial charge in [-0.25, -0.2) is 0 Å². The molecule has 10 aromatic carbocycles. The van der Waals surface area contributed by atoms with Crippen LogP contribution in [0.4, 0.5) is 0 Å². The Kier molecular flexibility index (Phi) is 6.40. The Balaban J connectivity index is 1.09. The van der Waals surface area contributed by atoms with Gasteiger partial charge in [-0.1, -0.05) is 184 Å². The van der Waals surface area contributed by atoms with Gasteiger partial charge in [0, 0.05) is 5.41 Å². The van der Waals surface area contributed by atoms with Crippen LogP contribution in [0.15, 0.2) is 182 Å². The molecule has 0 radical (unpaired) electrons. The molecule has 10 aromatic rings. The summed E-state index contributed by atoms with van der Waals surface area (Å²) in [4.78, 5) is 0. The van der Waals surface area contributed by atoms with Crippen molar-refractivity contribution in [3.8, 4) is 44.5 Å². The molecule has 0 fully saturated rings. The van der Waals surface area contributed by atoms with Gasteiger partial charge < -0.3 is 0 Å². The fourth-order valence-corrected chi connectivity index (χ4v) is 9.52. The molecule has 0 saturated heterocycles. The molecule has 0 amide bonds. The summed E-state index contributed by atoms with van der Waals surface area (Å²) in [6.45, 7) is 4.73. The standard InChI is InChI=1S/C53H36/c1-53(2)48-29-28-36(31-47(48)52-39-16-6-3-13-34(39)27-30-49(52)53)33-23-25-35(26-24-33)50-42-19-9-11-21-44(42)51(45-22-12-10-20-43(45)50)46-32-37-14-4-5-15-38(37)40-17-7-8-18-41(40)46/h3-32H,1-2H3. The highest BCUT2D eigenvalue weighted by atomic mass is 14.4. The zero-order valence-corrected chi connectivity index (χ0v) is 29.8. The second kappa shape index (κ2) is 11.2. The Morgan fingerprint density at radius 1 is 0.283 bits per heavy atom. The molecule has 0 heterocycles. The Labute approximate surface area is 309 Å². The topological polar surface area (TPSA) is 0 Å². The van der Waals surface area contributed by atoms with E-state index >= 15 is 0 Å². The van der Waals surface area contributed by atoms with E-state index < -0.39 is 0 Å². The fraction of sp³-hybridized carbons (Fsp3) is 0.0566. The molecule has 0 N–H and O–H groups in total. The van der Waals surface area contributed by atoms with Gasteiger partial charge in [0.1, 0.15) is 0 Å². The minimum atomic E-state index is -0.0372. The lowest BCUT2D eigenvalue weighted by atomic mass is 9.82. The average Bonchev–Trinajstić information content (AvgIpc) is 3.45. The van der Waals surface area contributed by atoms with Crippen LogP contribution in [0.3, 0.4) is 0 Å². The summed E-state index contributed by atoms with van der Waals surface area (Å²) >= 11 is 0. The number of hydrogen-bond donors (Lipinski definition) is 0. The minimum absolute atomic E-state index is 0.0372. The first-order valence-electron chi connectivity index (χ1n) is 18.7. The molecule has 0 bridgehead atoms. The Bertz CT molecular complexity index is 3060. The third-order valence-corrected chi connectivity index (χ3v) is 12.0. The zero-order chi connectivity index (χ0) is 35.3. The van der Waals surface area contributed by atoms with Gasteiger partial charge in [-0.2, -0.15) is 0 Å². The van der Waals surface area contributed by atoms with Gasteiger partial charge in [-0.15, -0.1) is 0 Å². The first kappa shape index (κ1) is 30.2. The van der Waals surface area contributed by atoms with E-state index in [0.29, 0.717) is 0 Å². The molecule has 0 unspecified atom stereocenters. The molecule has 248 valence electrons.